The lowest BCUT2D eigenvalue weighted by atomic mass is 10.2. The lowest BCUT2D eigenvalue weighted by Crippen LogP contribution is -2.23. The number of fused-ring (bicyclic) bond motifs is 3. The highest BCUT2D eigenvalue weighted by Gasteiger charge is 2.18. The van der Waals surface area contributed by atoms with Gasteiger partial charge in [0.2, 0.25) is 5.78 Å². The van der Waals surface area contributed by atoms with Crippen LogP contribution in [0.5, 0.6) is 0 Å². The third-order valence-corrected chi connectivity index (χ3v) is 5.93. The fraction of sp³-hybridized carbons (Fsp3) is 0.211. The Morgan fingerprint density at radius 3 is 2.75 bits per heavy atom. The van der Waals surface area contributed by atoms with Gasteiger partial charge in [0.1, 0.15) is 5.82 Å². The lowest BCUT2D eigenvalue weighted by molar-refractivity contribution is 0.617. The number of rotatable bonds is 5. The molecule has 4 aromatic rings. The molecule has 0 aliphatic carbocycles. The molecule has 2 aromatic heterocycles. The van der Waals surface area contributed by atoms with Gasteiger partial charge >= 0.3 is 0 Å². The van der Waals surface area contributed by atoms with E-state index >= 15 is 0 Å². The molecule has 144 valence electrons. The number of benzene rings is 2. The van der Waals surface area contributed by atoms with E-state index in [1.54, 1.807) is 39.3 Å². The summed E-state index contributed by atoms with van der Waals surface area (Å²) < 4.78 is 17.5. The molecule has 0 saturated carbocycles. The van der Waals surface area contributed by atoms with Gasteiger partial charge in [-0.1, -0.05) is 48.0 Å². The fourth-order valence-electron chi connectivity index (χ4n) is 3.08. The van der Waals surface area contributed by atoms with Crippen LogP contribution in [0.3, 0.4) is 0 Å². The molecule has 9 heteroatoms. The molecule has 4 rings (SSSR count). The first kappa shape index (κ1) is 19.2. The summed E-state index contributed by atoms with van der Waals surface area (Å²) >= 11 is 13.6. The van der Waals surface area contributed by atoms with Crippen molar-refractivity contribution in [3.63, 3.8) is 0 Å². The van der Waals surface area contributed by atoms with Crippen LogP contribution >= 0.6 is 35.0 Å². The summed E-state index contributed by atoms with van der Waals surface area (Å²) in [5.41, 5.74) is 0.879. The van der Waals surface area contributed by atoms with Crippen molar-refractivity contribution in [3.05, 3.63) is 68.2 Å². The molecular formula is C19H15Cl2FN4OS. The number of hydrogen-bond acceptors (Lipinski definition) is 4. The summed E-state index contributed by atoms with van der Waals surface area (Å²) in [4.78, 5) is 12.9. The second-order valence-corrected chi connectivity index (χ2v) is 8.01. The van der Waals surface area contributed by atoms with Gasteiger partial charge in [-0.25, -0.2) is 4.39 Å². The van der Waals surface area contributed by atoms with Crippen LogP contribution in [0.2, 0.25) is 10.0 Å². The largest absolute Gasteiger partial charge is 0.276 e. The van der Waals surface area contributed by atoms with Gasteiger partial charge in [0.05, 0.1) is 10.9 Å². The molecule has 28 heavy (non-hydrogen) atoms. The molecule has 0 spiro atoms. The van der Waals surface area contributed by atoms with Gasteiger partial charge in [-0.15, -0.1) is 10.2 Å². The zero-order valence-corrected chi connectivity index (χ0v) is 17.2. The van der Waals surface area contributed by atoms with E-state index in [1.165, 1.54) is 17.8 Å². The first-order valence-corrected chi connectivity index (χ1v) is 10.4. The Bertz CT molecular complexity index is 1230. The molecule has 0 aliphatic rings. The van der Waals surface area contributed by atoms with Crippen molar-refractivity contribution in [2.45, 2.75) is 30.8 Å². The van der Waals surface area contributed by atoms with E-state index in [2.05, 4.69) is 10.2 Å². The number of nitrogens with zero attached hydrogens (tertiary/aromatic N) is 4. The van der Waals surface area contributed by atoms with E-state index in [0.717, 1.165) is 6.42 Å². The topological polar surface area (TPSA) is 52.2 Å². The average molecular weight is 437 g/mol. The fourth-order valence-corrected chi connectivity index (χ4v) is 4.53. The summed E-state index contributed by atoms with van der Waals surface area (Å²) in [6.07, 6.45) is 0.773. The van der Waals surface area contributed by atoms with Crippen molar-refractivity contribution in [2.75, 3.05) is 0 Å². The van der Waals surface area contributed by atoms with Gasteiger partial charge in [0.15, 0.2) is 5.16 Å². The van der Waals surface area contributed by atoms with Gasteiger partial charge in [0, 0.05) is 27.9 Å². The van der Waals surface area contributed by atoms with Gasteiger partial charge in [0.25, 0.3) is 5.56 Å². The Kier molecular flexibility index (Phi) is 5.31. The van der Waals surface area contributed by atoms with Crippen LogP contribution in [0.15, 0.2) is 46.3 Å². The summed E-state index contributed by atoms with van der Waals surface area (Å²) in [6, 6.07) is 9.69. The van der Waals surface area contributed by atoms with Crippen LogP contribution in [0.25, 0.3) is 16.7 Å². The Hall–Kier alpha value is -2.09. The third kappa shape index (κ3) is 3.27. The lowest BCUT2D eigenvalue weighted by Gasteiger charge is -2.11. The minimum Gasteiger partial charge on any atom is -0.276 e. The highest BCUT2D eigenvalue weighted by atomic mass is 35.5. The number of aryl methyl sites for hydroxylation is 1. The highest BCUT2D eigenvalue weighted by molar-refractivity contribution is 7.98. The van der Waals surface area contributed by atoms with Gasteiger partial charge in [-0.2, -0.15) is 0 Å². The molecule has 0 bridgehead atoms. The van der Waals surface area contributed by atoms with Crippen LogP contribution in [0, 0.1) is 5.82 Å². The maximum atomic E-state index is 14.1. The van der Waals surface area contributed by atoms with Crippen molar-refractivity contribution in [3.8, 4) is 0 Å². The minimum absolute atomic E-state index is 0.137. The van der Waals surface area contributed by atoms with E-state index in [9.17, 15) is 9.18 Å². The van der Waals surface area contributed by atoms with E-state index in [4.69, 9.17) is 23.2 Å². The first-order chi connectivity index (χ1) is 13.5. The van der Waals surface area contributed by atoms with Crippen molar-refractivity contribution in [2.24, 2.45) is 0 Å². The Labute approximate surface area is 174 Å². The van der Waals surface area contributed by atoms with Crippen molar-refractivity contribution in [1.29, 1.82) is 0 Å². The second kappa shape index (κ2) is 7.73. The van der Waals surface area contributed by atoms with Crippen LogP contribution in [-0.2, 0) is 12.3 Å². The zero-order chi connectivity index (χ0) is 19.8. The van der Waals surface area contributed by atoms with E-state index in [1.807, 2.05) is 6.92 Å². The van der Waals surface area contributed by atoms with Crippen molar-refractivity contribution >= 4 is 51.6 Å². The molecule has 0 unspecified atom stereocenters. The van der Waals surface area contributed by atoms with E-state index < -0.39 is 0 Å². The Morgan fingerprint density at radius 1 is 1.18 bits per heavy atom. The summed E-state index contributed by atoms with van der Waals surface area (Å²) in [7, 11) is 0. The standard InChI is InChI=1S/C19H15Cl2FN4OS/c1-2-8-25-17(27)12-7-6-11(20)9-16(12)26-18(25)23-24-19(26)28-10-13-14(21)4-3-5-15(13)22/h3-7,9H,2,8,10H2,1H3. The predicted molar refractivity (Wildman–Crippen MR) is 111 cm³/mol. The Balaban J connectivity index is 1.89. The maximum absolute atomic E-state index is 14.1. The van der Waals surface area contributed by atoms with Crippen LogP contribution < -0.4 is 5.56 Å². The van der Waals surface area contributed by atoms with Gasteiger partial charge in [-0.3, -0.25) is 13.8 Å². The first-order valence-electron chi connectivity index (χ1n) is 8.64. The monoisotopic (exact) mass is 436 g/mol. The minimum atomic E-state index is -0.371. The summed E-state index contributed by atoms with van der Waals surface area (Å²) in [6.45, 7) is 2.50. The zero-order valence-electron chi connectivity index (χ0n) is 14.8. The predicted octanol–water partition coefficient (Wildman–Crippen LogP) is 5.19. The SMILES string of the molecule is CCCn1c(=O)c2ccc(Cl)cc2n2c(SCc3c(F)cccc3Cl)nnc12. The summed E-state index contributed by atoms with van der Waals surface area (Å²) in [5.74, 6) is 0.342. The Morgan fingerprint density at radius 2 is 2.00 bits per heavy atom. The van der Waals surface area contributed by atoms with Crippen molar-refractivity contribution in [1.82, 2.24) is 19.2 Å². The van der Waals surface area contributed by atoms with E-state index in [0.29, 0.717) is 44.0 Å². The molecule has 0 amide bonds. The van der Waals surface area contributed by atoms with Gasteiger partial charge < -0.3 is 0 Å². The van der Waals surface area contributed by atoms with Crippen LogP contribution in [-0.4, -0.2) is 19.2 Å². The van der Waals surface area contributed by atoms with Crippen LogP contribution in [0.4, 0.5) is 4.39 Å². The molecular weight excluding hydrogens is 422 g/mol. The molecule has 2 aromatic carbocycles. The van der Waals surface area contributed by atoms with Crippen LogP contribution in [0.1, 0.15) is 18.9 Å². The smallest absolute Gasteiger partial charge is 0.262 e. The molecule has 0 atom stereocenters. The molecule has 0 N–H and O–H groups in total. The average Bonchev–Trinajstić information content (AvgIpc) is 3.08. The number of aromatic nitrogens is 4. The highest BCUT2D eigenvalue weighted by Crippen LogP contribution is 2.29. The molecule has 0 fully saturated rings. The second-order valence-electron chi connectivity index (χ2n) is 6.23. The summed E-state index contributed by atoms with van der Waals surface area (Å²) in [5, 5.41) is 10.4. The third-order valence-electron chi connectivity index (χ3n) is 4.39. The molecule has 0 radical (unpaired) electrons. The van der Waals surface area contributed by atoms with Gasteiger partial charge in [-0.05, 0) is 36.8 Å². The molecule has 5 nitrogen and oxygen atoms in total. The normalized spacial score (nSPS) is 11.6. The van der Waals surface area contributed by atoms with Crippen molar-refractivity contribution < 1.29 is 4.39 Å². The quantitative estimate of drug-likeness (QED) is 0.403. The number of hydrogen-bond donors (Lipinski definition) is 0. The van der Waals surface area contributed by atoms with E-state index in [-0.39, 0.29) is 17.1 Å². The number of halogens is 3. The molecule has 2 heterocycles. The number of thioether (sulfide) groups is 1. The molecule has 0 saturated heterocycles. The molecule has 0 aliphatic heterocycles. The maximum Gasteiger partial charge on any atom is 0.262 e.